The molecule has 17 heavy (non-hydrogen) atoms. The quantitative estimate of drug-likeness (QED) is 0.668. The first-order valence-corrected chi connectivity index (χ1v) is 5.40. The first-order chi connectivity index (χ1) is 8.06. The van der Waals surface area contributed by atoms with Crippen molar-refractivity contribution in [3.05, 3.63) is 0 Å². The van der Waals surface area contributed by atoms with E-state index in [1.54, 1.807) is 0 Å². The average molecular weight is 244 g/mol. The van der Waals surface area contributed by atoms with Gasteiger partial charge >= 0.3 is 18.0 Å². The molecule has 0 aromatic rings. The van der Waals surface area contributed by atoms with Gasteiger partial charge in [0.2, 0.25) is 0 Å². The zero-order chi connectivity index (χ0) is 12.8. The highest BCUT2D eigenvalue weighted by atomic mass is 16.5. The summed E-state index contributed by atoms with van der Waals surface area (Å²) in [5.41, 5.74) is 0. The number of carbonyl (C=O) groups is 3. The molecule has 7 nitrogen and oxygen atoms in total. The number of carbonyl (C=O) groups excluding carboxylic acids is 2. The van der Waals surface area contributed by atoms with E-state index >= 15 is 0 Å². The summed E-state index contributed by atoms with van der Waals surface area (Å²) in [5, 5.41) is 11.4. The van der Waals surface area contributed by atoms with Gasteiger partial charge in [-0.15, -0.1) is 0 Å². The van der Waals surface area contributed by atoms with Gasteiger partial charge in [-0.25, -0.2) is 9.59 Å². The number of methoxy groups -OCH3 is 1. The van der Waals surface area contributed by atoms with Crippen molar-refractivity contribution in [1.29, 1.82) is 0 Å². The fourth-order valence-corrected chi connectivity index (χ4v) is 1.74. The lowest BCUT2D eigenvalue weighted by Gasteiger charge is -2.21. The van der Waals surface area contributed by atoms with Crippen LogP contribution in [-0.4, -0.2) is 54.2 Å². The second-order valence-electron chi connectivity index (χ2n) is 3.75. The lowest BCUT2D eigenvalue weighted by atomic mass is 10.2. The largest absolute Gasteiger partial charge is 0.480 e. The first kappa shape index (κ1) is 13.3. The molecule has 1 fully saturated rings. The smallest absolute Gasteiger partial charge is 0.326 e. The first-order valence-electron chi connectivity index (χ1n) is 5.40. The van der Waals surface area contributed by atoms with E-state index in [1.807, 2.05) is 0 Å². The van der Waals surface area contributed by atoms with E-state index in [9.17, 15) is 14.4 Å². The van der Waals surface area contributed by atoms with Crippen molar-refractivity contribution in [2.75, 3.05) is 20.2 Å². The van der Waals surface area contributed by atoms with E-state index in [-0.39, 0.29) is 13.0 Å². The van der Waals surface area contributed by atoms with Crippen LogP contribution in [-0.2, 0) is 14.3 Å². The van der Waals surface area contributed by atoms with Crippen molar-refractivity contribution in [3.8, 4) is 0 Å². The standard InChI is InChI=1S/C10H16N2O5/c1-17-8(13)4-5-11-10(16)12-6-2-3-7(12)9(14)15/h7H,2-6H2,1H3,(H,11,16)(H,14,15)/t7-/m1/s1. The Balaban J connectivity index is 2.37. The van der Waals surface area contributed by atoms with Gasteiger partial charge in [-0.1, -0.05) is 0 Å². The van der Waals surface area contributed by atoms with Crippen molar-refractivity contribution < 1.29 is 24.2 Å². The number of esters is 1. The van der Waals surface area contributed by atoms with Crippen molar-refractivity contribution in [1.82, 2.24) is 10.2 Å². The zero-order valence-corrected chi connectivity index (χ0v) is 9.64. The van der Waals surface area contributed by atoms with Crippen LogP contribution in [0.4, 0.5) is 4.79 Å². The molecule has 0 aromatic heterocycles. The Morgan fingerprint density at radius 1 is 1.47 bits per heavy atom. The van der Waals surface area contributed by atoms with Gasteiger partial charge in [-0.05, 0) is 12.8 Å². The van der Waals surface area contributed by atoms with Crippen LogP contribution in [0.1, 0.15) is 19.3 Å². The van der Waals surface area contributed by atoms with E-state index in [2.05, 4.69) is 10.1 Å². The number of nitrogens with one attached hydrogen (secondary N) is 1. The number of urea groups is 1. The molecule has 0 radical (unpaired) electrons. The van der Waals surface area contributed by atoms with Gasteiger partial charge in [-0.2, -0.15) is 0 Å². The number of ether oxygens (including phenoxy) is 1. The van der Waals surface area contributed by atoms with Gasteiger partial charge in [0.1, 0.15) is 6.04 Å². The highest BCUT2D eigenvalue weighted by Crippen LogP contribution is 2.17. The topological polar surface area (TPSA) is 95.9 Å². The van der Waals surface area contributed by atoms with Gasteiger partial charge in [0.25, 0.3) is 0 Å². The highest BCUT2D eigenvalue weighted by molar-refractivity contribution is 5.83. The monoisotopic (exact) mass is 244 g/mol. The van der Waals surface area contributed by atoms with Gasteiger partial charge in [0.15, 0.2) is 0 Å². The minimum absolute atomic E-state index is 0.0772. The number of likely N-dealkylation sites (tertiary alicyclic amines) is 1. The van der Waals surface area contributed by atoms with Gasteiger partial charge in [-0.3, -0.25) is 4.79 Å². The van der Waals surface area contributed by atoms with E-state index in [1.165, 1.54) is 12.0 Å². The molecule has 7 heteroatoms. The molecule has 0 spiro atoms. The summed E-state index contributed by atoms with van der Waals surface area (Å²) in [6, 6.07) is -1.20. The Hall–Kier alpha value is -1.79. The molecule has 0 aliphatic carbocycles. The number of rotatable bonds is 4. The Morgan fingerprint density at radius 2 is 2.18 bits per heavy atom. The van der Waals surface area contributed by atoms with Gasteiger partial charge < -0.3 is 20.1 Å². The van der Waals surface area contributed by atoms with Gasteiger partial charge in [0, 0.05) is 13.1 Å². The molecule has 1 atom stereocenters. The van der Waals surface area contributed by atoms with Crippen LogP contribution in [0.25, 0.3) is 0 Å². The molecule has 1 aliphatic rings. The molecule has 96 valence electrons. The maximum Gasteiger partial charge on any atom is 0.326 e. The normalized spacial score (nSPS) is 18.9. The van der Waals surface area contributed by atoms with E-state index in [4.69, 9.17) is 5.11 Å². The number of nitrogens with zero attached hydrogens (tertiary/aromatic N) is 1. The number of hydrogen-bond acceptors (Lipinski definition) is 4. The molecule has 1 saturated heterocycles. The SMILES string of the molecule is COC(=O)CCNC(=O)N1CCC[C@@H]1C(=O)O. The lowest BCUT2D eigenvalue weighted by Crippen LogP contribution is -2.46. The van der Waals surface area contributed by atoms with Gasteiger partial charge in [0.05, 0.1) is 13.5 Å². The van der Waals surface area contributed by atoms with Crippen LogP contribution in [0.5, 0.6) is 0 Å². The number of aliphatic carboxylic acids is 1. The minimum Gasteiger partial charge on any atom is -0.480 e. The fraction of sp³-hybridized carbons (Fsp3) is 0.700. The van der Waals surface area contributed by atoms with Crippen LogP contribution in [0.15, 0.2) is 0 Å². The Morgan fingerprint density at radius 3 is 2.76 bits per heavy atom. The number of carboxylic acids is 1. The summed E-state index contributed by atoms with van der Waals surface area (Å²) >= 11 is 0. The molecular formula is C10H16N2O5. The van der Waals surface area contributed by atoms with Crippen molar-refractivity contribution in [2.45, 2.75) is 25.3 Å². The minimum atomic E-state index is -0.995. The van der Waals surface area contributed by atoms with Crippen LogP contribution in [0.3, 0.4) is 0 Å². The molecular weight excluding hydrogens is 228 g/mol. The number of amides is 2. The van der Waals surface area contributed by atoms with Crippen LogP contribution >= 0.6 is 0 Å². The van der Waals surface area contributed by atoms with E-state index in [0.717, 1.165) is 0 Å². The second kappa shape index (κ2) is 6.07. The summed E-state index contributed by atoms with van der Waals surface area (Å²) in [4.78, 5) is 34.6. The van der Waals surface area contributed by atoms with E-state index < -0.39 is 24.0 Å². The Labute approximate surface area is 98.7 Å². The summed E-state index contributed by atoms with van der Waals surface area (Å²) < 4.78 is 4.42. The average Bonchev–Trinajstić information content (AvgIpc) is 2.77. The molecule has 1 rings (SSSR count). The lowest BCUT2D eigenvalue weighted by molar-refractivity contribution is -0.142. The fourth-order valence-electron chi connectivity index (χ4n) is 1.74. The predicted octanol–water partition coefficient (Wildman–Crippen LogP) is -0.192. The molecule has 0 aromatic carbocycles. The molecule has 0 unspecified atom stereocenters. The van der Waals surface area contributed by atoms with Crippen molar-refractivity contribution in [2.24, 2.45) is 0 Å². The molecule has 2 N–H and O–H groups in total. The highest BCUT2D eigenvalue weighted by Gasteiger charge is 2.33. The van der Waals surface area contributed by atoms with Crippen molar-refractivity contribution in [3.63, 3.8) is 0 Å². The summed E-state index contributed by atoms with van der Waals surface area (Å²) in [6.07, 6.45) is 1.23. The van der Waals surface area contributed by atoms with Crippen molar-refractivity contribution >= 4 is 18.0 Å². The summed E-state index contributed by atoms with van der Waals surface area (Å²) in [6.45, 7) is 0.579. The molecule has 2 amide bonds. The van der Waals surface area contributed by atoms with Crippen LogP contribution in [0, 0.1) is 0 Å². The number of carboxylic acid groups (broad SMARTS) is 1. The molecule has 1 heterocycles. The van der Waals surface area contributed by atoms with E-state index in [0.29, 0.717) is 19.4 Å². The molecule has 1 aliphatic heterocycles. The van der Waals surface area contributed by atoms with Crippen LogP contribution in [0.2, 0.25) is 0 Å². The Kier molecular flexibility index (Phi) is 4.74. The predicted molar refractivity (Wildman–Crippen MR) is 57.4 cm³/mol. The third kappa shape index (κ3) is 3.61. The summed E-state index contributed by atoms with van der Waals surface area (Å²) in [7, 11) is 1.27. The molecule has 0 saturated carbocycles. The Bertz CT molecular complexity index is 318. The second-order valence-corrected chi connectivity index (χ2v) is 3.75. The maximum absolute atomic E-state index is 11.6. The van der Waals surface area contributed by atoms with Crippen LogP contribution < -0.4 is 5.32 Å². The third-order valence-corrected chi connectivity index (χ3v) is 2.63. The molecule has 0 bridgehead atoms. The maximum atomic E-state index is 11.6. The third-order valence-electron chi connectivity index (χ3n) is 2.63. The number of hydrogen-bond donors (Lipinski definition) is 2. The summed E-state index contributed by atoms with van der Waals surface area (Å²) in [5.74, 6) is -1.41. The zero-order valence-electron chi connectivity index (χ0n) is 9.64.